The molecule has 0 amide bonds. The Hall–Kier alpha value is 1.38. The molecule has 2 rings (SSSR count). The molecule has 0 spiro atoms. The summed E-state index contributed by atoms with van der Waals surface area (Å²) < 4.78 is 6.16. The number of hydrogen-bond acceptors (Lipinski definition) is 1. The molecule has 1 aliphatic carbocycles. The summed E-state index contributed by atoms with van der Waals surface area (Å²) in [4.78, 5) is 0.0691. The number of alkyl halides is 1. The summed E-state index contributed by atoms with van der Waals surface area (Å²) in [5.74, 6) is 0. The highest BCUT2D eigenvalue weighted by molar-refractivity contribution is 9.17. The molecule has 0 fully saturated rings. The monoisotopic (exact) mass is 653 g/mol. The van der Waals surface area contributed by atoms with E-state index in [9.17, 15) is 0 Å². The quantitative estimate of drug-likeness (QED) is 0.238. The van der Waals surface area contributed by atoms with Gasteiger partial charge in [-0.3, -0.25) is 3.93 Å². The van der Waals surface area contributed by atoms with Gasteiger partial charge in [-0.1, -0.05) is 66.0 Å². The molecular formula is C13H9Br6N. The van der Waals surface area contributed by atoms with Crippen LogP contribution in [0.5, 0.6) is 0 Å². The van der Waals surface area contributed by atoms with Crippen LogP contribution < -0.4 is 3.93 Å². The fourth-order valence-electron chi connectivity index (χ4n) is 1.91. The second kappa shape index (κ2) is 6.87. The average molecular weight is 659 g/mol. The third kappa shape index (κ3) is 2.92. The van der Waals surface area contributed by atoms with Crippen LogP contribution in [0.3, 0.4) is 0 Å². The van der Waals surface area contributed by atoms with Gasteiger partial charge in [-0.2, -0.15) is 0 Å². The van der Waals surface area contributed by atoms with Crippen molar-refractivity contribution >= 4 is 101 Å². The van der Waals surface area contributed by atoms with E-state index in [4.69, 9.17) is 0 Å². The van der Waals surface area contributed by atoms with Gasteiger partial charge in [0.2, 0.25) is 0 Å². The van der Waals surface area contributed by atoms with Crippen LogP contribution in [0.15, 0.2) is 48.3 Å². The van der Waals surface area contributed by atoms with E-state index in [1.807, 2.05) is 18.2 Å². The summed E-state index contributed by atoms with van der Waals surface area (Å²) in [6, 6.07) is 10.2. The molecule has 0 heterocycles. The van der Waals surface area contributed by atoms with Crippen molar-refractivity contribution < 1.29 is 0 Å². The van der Waals surface area contributed by atoms with Gasteiger partial charge in [0.25, 0.3) is 0 Å². The number of hydrogen-bond donors (Lipinski definition) is 0. The lowest BCUT2D eigenvalue weighted by atomic mass is 9.92. The largest absolute Gasteiger partial charge is 0.296 e. The third-order valence-electron chi connectivity index (χ3n) is 3.15. The number of anilines is 1. The minimum atomic E-state index is -0.337. The summed E-state index contributed by atoms with van der Waals surface area (Å²) in [6.07, 6.45) is 0. The number of nitrogens with zero attached hydrogens (tertiary/aromatic N) is 1. The molecule has 0 N–H and O–H groups in total. The molecule has 2 unspecified atom stereocenters. The first-order valence-electron chi connectivity index (χ1n) is 5.58. The lowest BCUT2D eigenvalue weighted by molar-refractivity contribution is 0.610. The van der Waals surface area contributed by atoms with Gasteiger partial charge in [0.1, 0.15) is 0 Å². The van der Waals surface area contributed by atoms with E-state index in [1.54, 1.807) is 0 Å². The fraction of sp³-hybridized carbons (Fsp3) is 0.231. The maximum absolute atomic E-state index is 3.79. The van der Waals surface area contributed by atoms with Crippen LogP contribution in [0, 0.1) is 0 Å². The zero-order chi connectivity index (χ0) is 15.1. The van der Waals surface area contributed by atoms with Crippen molar-refractivity contribution in [2.24, 2.45) is 0 Å². The van der Waals surface area contributed by atoms with Gasteiger partial charge in [-0.05, 0) is 50.9 Å². The molecule has 2 atom stereocenters. The Kier molecular flexibility index (Phi) is 6.09. The predicted molar refractivity (Wildman–Crippen MR) is 109 cm³/mol. The molecular weight excluding hydrogens is 650 g/mol. The molecule has 7 heteroatoms. The van der Waals surface area contributed by atoms with Gasteiger partial charge in [0.15, 0.2) is 0 Å². The molecule has 1 aromatic carbocycles. The van der Waals surface area contributed by atoms with Crippen molar-refractivity contribution in [3.05, 3.63) is 48.3 Å². The van der Waals surface area contributed by atoms with Crippen molar-refractivity contribution in [2.75, 3.05) is 3.93 Å². The lowest BCUT2D eigenvalue weighted by Crippen LogP contribution is -2.50. The van der Waals surface area contributed by atoms with Gasteiger partial charge in [-0.25, -0.2) is 0 Å². The summed E-state index contributed by atoms with van der Waals surface area (Å²) in [5, 5.41) is 0. The second-order valence-corrected chi connectivity index (χ2v) is 9.27. The molecule has 20 heavy (non-hydrogen) atoms. The van der Waals surface area contributed by atoms with Gasteiger partial charge in [0.05, 0.1) is 26.5 Å². The SMILES string of the molecule is CC1(N(Br)c2ccccc2)C(Br)=C(Br)C(Br)=C(Br)C1Br. The molecule has 1 aromatic rings. The highest BCUT2D eigenvalue weighted by Gasteiger charge is 2.47. The smallest absolute Gasteiger partial charge is 0.0982 e. The summed E-state index contributed by atoms with van der Waals surface area (Å²) in [7, 11) is 0. The normalized spacial score (nSPS) is 27.1. The van der Waals surface area contributed by atoms with Crippen molar-refractivity contribution in [1.82, 2.24) is 0 Å². The van der Waals surface area contributed by atoms with E-state index in [2.05, 4.69) is 119 Å². The maximum atomic E-state index is 3.79. The van der Waals surface area contributed by atoms with Gasteiger partial charge < -0.3 is 0 Å². The fourth-order valence-corrected chi connectivity index (χ4v) is 7.14. The number of para-hydroxylation sites is 1. The summed E-state index contributed by atoms with van der Waals surface area (Å²) >= 11 is 22.1. The molecule has 0 saturated carbocycles. The molecule has 1 nitrogen and oxygen atoms in total. The first kappa shape index (κ1) is 17.7. The van der Waals surface area contributed by atoms with Crippen LogP contribution in [0.4, 0.5) is 5.69 Å². The minimum Gasteiger partial charge on any atom is -0.296 e. The first-order chi connectivity index (χ1) is 9.31. The van der Waals surface area contributed by atoms with Crippen molar-refractivity contribution in [1.29, 1.82) is 0 Å². The van der Waals surface area contributed by atoms with Crippen LogP contribution in [-0.2, 0) is 0 Å². The Bertz CT molecular complexity index is 582. The third-order valence-corrected chi connectivity index (χ3v) is 11.5. The molecule has 0 aromatic heterocycles. The van der Waals surface area contributed by atoms with Gasteiger partial charge >= 0.3 is 0 Å². The number of benzene rings is 1. The van der Waals surface area contributed by atoms with Gasteiger partial charge in [-0.15, -0.1) is 0 Å². The van der Waals surface area contributed by atoms with Gasteiger partial charge in [0, 0.05) is 23.6 Å². The van der Waals surface area contributed by atoms with Crippen molar-refractivity contribution in [3.8, 4) is 0 Å². The van der Waals surface area contributed by atoms with Crippen molar-refractivity contribution in [2.45, 2.75) is 17.3 Å². The predicted octanol–water partition coefficient (Wildman–Crippen LogP) is 7.34. The molecule has 0 radical (unpaired) electrons. The second-order valence-electron chi connectivity index (χ2n) is 4.42. The standard InChI is InChI=1S/C13H9Br6N/c1-13(20(19)7-5-3-2-4-6-7)11(17)9(15)8(14)10(16)12(13)18/h2-6,11H,1H3. The van der Waals surface area contributed by atoms with Crippen molar-refractivity contribution in [3.63, 3.8) is 0 Å². The van der Waals surface area contributed by atoms with Crippen LogP contribution in [0.25, 0.3) is 0 Å². The lowest BCUT2D eigenvalue weighted by Gasteiger charge is -2.44. The van der Waals surface area contributed by atoms with Crippen LogP contribution in [-0.4, -0.2) is 10.4 Å². The average Bonchev–Trinajstić information content (AvgIpc) is 2.49. The van der Waals surface area contributed by atoms with E-state index >= 15 is 0 Å². The van der Waals surface area contributed by atoms with E-state index in [0.717, 1.165) is 23.6 Å². The number of halogens is 6. The Morgan fingerprint density at radius 2 is 1.55 bits per heavy atom. The molecule has 0 bridgehead atoms. The number of rotatable bonds is 2. The van der Waals surface area contributed by atoms with Crippen LogP contribution in [0.2, 0.25) is 0 Å². The number of allylic oxidation sites excluding steroid dienone is 2. The Morgan fingerprint density at radius 3 is 2.10 bits per heavy atom. The summed E-state index contributed by atoms with van der Waals surface area (Å²) in [5.41, 5.74) is 0.742. The molecule has 0 aliphatic heterocycles. The molecule has 108 valence electrons. The van der Waals surface area contributed by atoms with E-state index in [-0.39, 0.29) is 10.4 Å². The summed E-state index contributed by atoms with van der Waals surface area (Å²) in [6.45, 7) is 2.15. The van der Waals surface area contributed by atoms with E-state index in [1.165, 1.54) is 0 Å². The van der Waals surface area contributed by atoms with E-state index in [0.29, 0.717) is 0 Å². The van der Waals surface area contributed by atoms with Crippen LogP contribution in [0.1, 0.15) is 6.92 Å². The first-order valence-corrected chi connectivity index (χ1v) is 10.4. The Morgan fingerprint density at radius 1 is 1.00 bits per heavy atom. The van der Waals surface area contributed by atoms with Crippen LogP contribution >= 0.6 is 95.8 Å². The molecule has 0 saturated heterocycles. The molecule has 1 aliphatic rings. The topological polar surface area (TPSA) is 3.24 Å². The minimum absolute atomic E-state index is 0.0691. The highest BCUT2D eigenvalue weighted by atomic mass is 79.9. The highest BCUT2D eigenvalue weighted by Crippen LogP contribution is 2.53. The maximum Gasteiger partial charge on any atom is 0.0982 e. The zero-order valence-corrected chi connectivity index (χ0v) is 19.7. The Labute approximate surface area is 169 Å². The zero-order valence-electron chi connectivity index (χ0n) is 10.2. The Balaban J connectivity index is 2.55. The van der Waals surface area contributed by atoms with E-state index < -0.39 is 0 Å².